The SMILES string of the molecule is C[C@@H](O)c1cc(Cl)ccc1OC1CCN(C)C1=O. The van der Waals surface area contributed by atoms with Crippen molar-refractivity contribution in [3.8, 4) is 5.75 Å². The first-order valence-corrected chi connectivity index (χ1v) is 6.26. The van der Waals surface area contributed by atoms with Crippen molar-refractivity contribution >= 4 is 17.5 Å². The van der Waals surface area contributed by atoms with Crippen LogP contribution in [0, 0.1) is 0 Å². The maximum Gasteiger partial charge on any atom is 0.263 e. The largest absolute Gasteiger partial charge is 0.480 e. The standard InChI is InChI=1S/C13H16ClNO3/c1-8(16)10-7-9(14)3-4-11(10)18-12-5-6-15(2)13(12)17/h3-4,7-8,12,16H,5-6H2,1-2H3/t8-,12?/m1/s1. The van der Waals surface area contributed by atoms with Crippen molar-refractivity contribution in [1.29, 1.82) is 0 Å². The van der Waals surface area contributed by atoms with Crippen molar-refractivity contribution in [2.45, 2.75) is 25.6 Å². The van der Waals surface area contributed by atoms with Gasteiger partial charge >= 0.3 is 0 Å². The molecule has 1 aliphatic heterocycles. The highest BCUT2D eigenvalue weighted by atomic mass is 35.5. The first kappa shape index (κ1) is 13.2. The van der Waals surface area contributed by atoms with Gasteiger partial charge in [-0.1, -0.05) is 11.6 Å². The van der Waals surface area contributed by atoms with E-state index >= 15 is 0 Å². The lowest BCUT2D eigenvalue weighted by Crippen LogP contribution is -2.29. The molecule has 18 heavy (non-hydrogen) atoms. The lowest BCUT2D eigenvalue weighted by atomic mass is 10.1. The van der Waals surface area contributed by atoms with Gasteiger partial charge in [-0.25, -0.2) is 0 Å². The lowest BCUT2D eigenvalue weighted by Gasteiger charge is -2.17. The predicted molar refractivity (Wildman–Crippen MR) is 68.8 cm³/mol. The molecule has 1 saturated heterocycles. The molecule has 2 atom stereocenters. The van der Waals surface area contributed by atoms with Crippen molar-refractivity contribution in [2.24, 2.45) is 0 Å². The minimum Gasteiger partial charge on any atom is -0.480 e. The molecule has 0 saturated carbocycles. The van der Waals surface area contributed by atoms with Crippen LogP contribution >= 0.6 is 11.6 Å². The van der Waals surface area contributed by atoms with Crippen LogP contribution in [0.5, 0.6) is 5.75 Å². The Labute approximate surface area is 111 Å². The van der Waals surface area contributed by atoms with Gasteiger partial charge < -0.3 is 14.7 Å². The molecule has 1 N–H and O–H groups in total. The van der Waals surface area contributed by atoms with Gasteiger partial charge in [0.15, 0.2) is 6.10 Å². The van der Waals surface area contributed by atoms with E-state index in [2.05, 4.69) is 0 Å². The Morgan fingerprint density at radius 3 is 2.83 bits per heavy atom. The second-order valence-corrected chi connectivity index (χ2v) is 4.95. The van der Waals surface area contributed by atoms with Gasteiger partial charge in [0.05, 0.1) is 6.10 Å². The Morgan fingerprint density at radius 1 is 1.56 bits per heavy atom. The van der Waals surface area contributed by atoms with Crippen molar-refractivity contribution in [2.75, 3.05) is 13.6 Å². The minimum atomic E-state index is -0.687. The second kappa shape index (κ2) is 5.16. The lowest BCUT2D eigenvalue weighted by molar-refractivity contribution is -0.132. The molecule has 0 aliphatic carbocycles. The summed E-state index contributed by atoms with van der Waals surface area (Å²) in [7, 11) is 1.75. The van der Waals surface area contributed by atoms with Gasteiger partial charge in [0.25, 0.3) is 5.91 Å². The Morgan fingerprint density at radius 2 is 2.28 bits per heavy atom. The molecule has 1 unspecified atom stereocenters. The fraction of sp³-hybridized carbons (Fsp3) is 0.462. The number of benzene rings is 1. The van der Waals surface area contributed by atoms with Crippen LogP contribution in [-0.4, -0.2) is 35.6 Å². The quantitative estimate of drug-likeness (QED) is 0.913. The van der Waals surface area contributed by atoms with Crippen molar-refractivity contribution in [3.63, 3.8) is 0 Å². The summed E-state index contributed by atoms with van der Waals surface area (Å²) >= 11 is 5.89. The number of rotatable bonds is 3. The van der Waals surface area contributed by atoms with Crippen molar-refractivity contribution < 1.29 is 14.6 Å². The number of nitrogens with zero attached hydrogens (tertiary/aromatic N) is 1. The highest BCUT2D eigenvalue weighted by molar-refractivity contribution is 6.30. The van der Waals surface area contributed by atoms with E-state index in [1.807, 2.05) is 0 Å². The molecule has 1 heterocycles. The van der Waals surface area contributed by atoms with E-state index in [1.54, 1.807) is 37.1 Å². The van der Waals surface area contributed by atoms with Crippen LogP contribution in [0.4, 0.5) is 0 Å². The molecule has 2 rings (SSSR count). The fourth-order valence-electron chi connectivity index (χ4n) is 2.01. The third-order valence-electron chi connectivity index (χ3n) is 3.07. The molecule has 1 aromatic rings. The van der Waals surface area contributed by atoms with Crippen molar-refractivity contribution in [3.05, 3.63) is 28.8 Å². The molecule has 0 bridgehead atoms. The van der Waals surface area contributed by atoms with E-state index in [-0.39, 0.29) is 5.91 Å². The molecule has 5 heteroatoms. The maximum atomic E-state index is 11.8. The maximum absolute atomic E-state index is 11.8. The third-order valence-corrected chi connectivity index (χ3v) is 3.30. The first-order valence-electron chi connectivity index (χ1n) is 5.88. The molecule has 0 spiro atoms. The Balaban J connectivity index is 2.21. The van der Waals surface area contributed by atoms with Gasteiger partial charge in [-0.15, -0.1) is 0 Å². The summed E-state index contributed by atoms with van der Waals surface area (Å²) in [5.41, 5.74) is 0.602. The highest BCUT2D eigenvalue weighted by Gasteiger charge is 2.31. The average Bonchev–Trinajstić information content (AvgIpc) is 2.63. The zero-order valence-corrected chi connectivity index (χ0v) is 11.1. The molecule has 98 valence electrons. The summed E-state index contributed by atoms with van der Waals surface area (Å²) in [5.74, 6) is 0.490. The molecule has 4 nitrogen and oxygen atoms in total. The number of aliphatic hydroxyl groups excluding tert-OH is 1. The second-order valence-electron chi connectivity index (χ2n) is 4.51. The van der Waals surface area contributed by atoms with Crippen LogP contribution < -0.4 is 4.74 Å². The summed E-state index contributed by atoms with van der Waals surface area (Å²) in [6, 6.07) is 5.03. The molecule has 1 amide bonds. The number of carbonyl (C=O) groups is 1. The summed E-state index contributed by atoms with van der Waals surface area (Å²) in [6.45, 7) is 2.34. The summed E-state index contributed by atoms with van der Waals surface area (Å²) in [5, 5.41) is 10.2. The van der Waals surface area contributed by atoms with Crippen LogP contribution in [0.3, 0.4) is 0 Å². The summed E-state index contributed by atoms with van der Waals surface area (Å²) in [4.78, 5) is 13.4. The van der Waals surface area contributed by atoms with Gasteiger partial charge in [0, 0.05) is 30.6 Å². The van der Waals surface area contributed by atoms with Gasteiger partial charge in [-0.05, 0) is 25.1 Å². The predicted octanol–water partition coefficient (Wildman–Crippen LogP) is 2.00. The Hall–Kier alpha value is -1.26. The van der Waals surface area contributed by atoms with Crippen LogP contribution in [0.25, 0.3) is 0 Å². The number of likely N-dealkylation sites (tertiary alicyclic amines) is 1. The van der Waals surface area contributed by atoms with Crippen LogP contribution in [0.15, 0.2) is 18.2 Å². The number of amides is 1. The smallest absolute Gasteiger partial charge is 0.263 e. The number of carbonyl (C=O) groups excluding carboxylic acids is 1. The number of likely N-dealkylation sites (N-methyl/N-ethyl adjacent to an activating group) is 1. The van der Waals surface area contributed by atoms with E-state index in [0.29, 0.717) is 29.3 Å². The van der Waals surface area contributed by atoms with Gasteiger partial charge in [-0.2, -0.15) is 0 Å². The van der Waals surface area contributed by atoms with Gasteiger partial charge in [-0.3, -0.25) is 4.79 Å². The Kier molecular flexibility index (Phi) is 3.78. The van der Waals surface area contributed by atoms with Crippen LogP contribution in [0.1, 0.15) is 25.0 Å². The molecular weight excluding hydrogens is 254 g/mol. The zero-order chi connectivity index (χ0) is 13.3. The summed E-state index contributed by atoms with van der Waals surface area (Å²) in [6.07, 6.45) is -0.487. The van der Waals surface area contributed by atoms with Gasteiger partial charge in [0.1, 0.15) is 5.75 Å². The minimum absolute atomic E-state index is 0.0264. The van der Waals surface area contributed by atoms with Crippen LogP contribution in [0.2, 0.25) is 5.02 Å². The topological polar surface area (TPSA) is 49.8 Å². The third kappa shape index (κ3) is 2.60. The molecule has 0 aromatic heterocycles. The average molecular weight is 270 g/mol. The Bertz CT molecular complexity index is 462. The molecule has 1 aromatic carbocycles. The monoisotopic (exact) mass is 269 g/mol. The number of aliphatic hydroxyl groups is 1. The van der Waals surface area contributed by atoms with E-state index in [0.717, 1.165) is 0 Å². The fourth-order valence-corrected chi connectivity index (χ4v) is 2.19. The van der Waals surface area contributed by atoms with E-state index in [4.69, 9.17) is 16.3 Å². The number of halogens is 1. The van der Waals surface area contributed by atoms with Crippen molar-refractivity contribution in [1.82, 2.24) is 4.90 Å². The van der Waals surface area contributed by atoms with E-state index in [1.165, 1.54) is 0 Å². The van der Waals surface area contributed by atoms with Gasteiger partial charge in [0.2, 0.25) is 0 Å². The number of ether oxygens (including phenoxy) is 1. The zero-order valence-electron chi connectivity index (χ0n) is 10.4. The summed E-state index contributed by atoms with van der Waals surface area (Å²) < 4.78 is 5.70. The number of hydrogen-bond acceptors (Lipinski definition) is 3. The molecular formula is C13H16ClNO3. The molecule has 1 aliphatic rings. The van der Waals surface area contributed by atoms with E-state index < -0.39 is 12.2 Å². The number of hydrogen-bond donors (Lipinski definition) is 1. The first-order chi connectivity index (χ1) is 8.49. The van der Waals surface area contributed by atoms with Crippen LogP contribution in [-0.2, 0) is 4.79 Å². The molecule has 1 fully saturated rings. The van der Waals surface area contributed by atoms with E-state index in [9.17, 15) is 9.90 Å². The normalized spacial score (nSPS) is 21.2. The highest BCUT2D eigenvalue weighted by Crippen LogP contribution is 2.30. The molecule has 0 radical (unpaired) electrons.